The molecule has 1 aromatic carbocycles. The van der Waals surface area contributed by atoms with Gasteiger partial charge in [0.05, 0.1) is 12.1 Å². The topological polar surface area (TPSA) is 107 Å². The fourth-order valence-corrected chi connectivity index (χ4v) is 3.34. The normalized spacial score (nSPS) is 14.0. The summed E-state index contributed by atoms with van der Waals surface area (Å²) in [5.74, 6) is 0.0777. The van der Waals surface area contributed by atoms with E-state index in [0.29, 0.717) is 35.7 Å². The number of carbonyl (C=O) groups excluding carboxylic acids is 2. The molecular formula is C20H19N5O3. The number of aromatic amines is 1. The van der Waals surface area contributed by atoms with E-state index in [1.807, 2.05) is 13.0 Å². The third-order valence-electron chi connectivity index (χ3n) is 4.68. The lowest BCUT2D eigenvalue weighted by molar-refractivity contribution is -0.120. The van der Waals surface area contributed by atoms with Crippen LogP contribution in [0.4, 0.5) is 11.5 Å². The minimum atomic E-state index is -0.310. The number of rotatable bonds is 3. The zero-order valence-electron chi connectivity index (χ0n) is 15.3. The number of nitrogens with one attached hydrogen (secondary N) is 3. The van der Waals surface area contributed by atoms with Crippen molar-refractivity contribution >= 4 is 34.2 Å². The molecule has 3 heterocycles. The van der Waals surface area contributed by atoms with Crippen LogP contribution in [0.3, 0.4) is 0 Å². The highest BCUT2D eigenvalue weighted by Crippen LogP contribution is 2.22. The summed E-state index contributed by atoms with van der Waals surface area (Å²) in [7, 11) is 0. The van der Waals surface area contributed by atoms with Gasteiger partial charge < -0.3 is 20.5 Å². The molecular weight excluding hydrogens is 358 g/mol. The molecule has 1 saturated heterocycles. The van der Waals surface area contributed by atoms with Crippen molar-refractivity contribution in [3.8, 4) is 0 Å². The Balaban J connectivity index is 1.63. The van der Waals surface area contributed by atoms with Gasteiger partial charge in [-0.25, -0.2) is 4.98 Å². The summed E-state index contributed by atoms with van der Waals surface area (Å²) < 4.78 is 0. The molecule has 142 valence electrons. The largest absolute Gasteiger partial charge is 0.353 e. The summed E-state index contributed by atoms with van der Waals surface area (Å²) in [4.78, 5) is 45.1. The van der Waals surface area contributed by atoms with Gasteiger partial charge in [-0.1, -0.05) is 0 Å². The van der Waals surface area contributed by atoms with Gasteiger partial charge in [0.25, 0.3) is 5.91 Å². The molecule has 0 spiro atoms. The third kappa shape index (κ3) is 3.44. The second kappa shape index (κ2) is 7.15. The molecule has 2 aromatic heterocycles. The van der Waals surface area contributed by atoms with Gasteiger partial charge in [0.2, 0.25) is 11.5 Å². The maximum absolute atomic E-state index is 12.9. The molecule has 1 fully saturated rings. The average molecular weight is 377 g/mol. The van der Waals surface area contributed by atoms with Crippen molar-refractivity contribution in [2.24, 2.45) is 0 Å². The van der Waals surface area contributed by atoms with Gasteiger partial charge in [0.15, 0.2) is 0 Å². The predicted octanol–water partition coefficient (Wildman–Crippen LogP) is 1.42. The molecule has 3 N–H and O–H groups in total. The molecule has 0 unspecified atom stereocenters. The van der Waals surface area contributed by atoms with Crippen molar-refractivity contribution in [3.05, 3.63) is 64.1 Å². The second-order valence-electron chi connectivity index (χ2n) is 6.68. The fourth-order valence-electron chi connectivity index (χ4n) is 3.34. The van der Waals surface area contributed by atoms with Crippen LogP contribution < -0.4 is 21.1 Å². The second-order valence-corrected chi connectivity index (χ2v) is 6.68. The maximum Gasteiger partial charge on any atom is 0.259 e. The summed E-state index contributed by atoms with van der Waals surface area (Å²) >= 11 is 0. The summed E-state index contributed by atoms with van der Waals surface area (Å²) in [6, 6.07) is 10.2. The Bertz CT molecular complexity index is 1140. The van der Waals surface area contributed by atoms with Crippen molar-refractivity contribution in [3.63, 3.8) is 0 Å². The molecule has 2 amide bonds. The van der Waals surface area contributed by atoms with E-state index in [9.17, 15) is 14.4 Å². The van der Waals surface area contributed by atoms with Gasteiger partial charge in [-0.3, -0.25) is 14.4 Å². The number of pyridine rings is 2. The van der Waals surface area contributed by atoms with Gasteiger partial charge in [-0.2, -0.15) is 0 Å². The Kier molecular flexibility index (Phi) is 4.52. The van der Waals surface area contributed by atoms with Gasteiger partial charge in [0, 0.05) is 41.9 Å². The number of benzene rings is 1. The number of hydrogen-bond acceptors (Lipinski definition) is 5. The number of aromatic nitrogens is 2. The Hall–Kier alpha value is -3.68. The zero-order valence-corrected chi connectivity index (χ0v) is 15.3. The quantitative estimate of drug-likeness (QED) is 0.640. The highest BCUT2D eigenvalue weighted by atomic mass is 16.2. The SMILES string of the molecule is Cc1cc(=O)[nH]c2ccc(NC(=O)c3cccnc3N3CCNC(=O)C3)cc12. The van der Waals surface area contributed by atoms with Gasteiger partial charge in [0.1, 0.15) is 5.82 Å². The lowest BCUT2D eigenvalue weighted by Gasteiger charge is -2.28. The summed E-state index contributed by atoms with van der Waals surface area (Å²) in [6.45, 7) is 3.12. The summed E-state index contributed by atoms with van der Waals surface area (Å²) in [6.07, 6.45) is 1.61. The molecule has 4 rings (SSSR count). The fraction of sp³-hybridized carbons (Fsp3) is 0.200. The van der Waals surface area contributed by atoms with Crippen LogP contribution in [0.5, 0.6) is 0 Å². The minimum Gasteiger partial charge on any atom is -0.353 e. The number of carbonyl (C=O) groups is 2. The molecule has 1 aliphatic rings. The number of fused-ring (bicyclic) bond motifs is 1. The maximum atomic E-state index is 12.9. The lowest BCUT2D eigenvalue weighted by Crippen LogP contribution is -2.48. The third-order valence-corrected chi connectivity index (χ3v) is 4.68. The van der Waals surface area contributed by atoms with Crippen LogP contribution in [0.2, 0.25) is 0 Å². The minimum absolute atomic E-state index is 0.0951. The van der Waals surface area contributed by atoms with Crippen LogP contribution >= 0.6 is 0 Å². The molecule has 0 radical (unpaired) electrons. The van der Waals surface area contributed by atoms with Gasteiger partial charge in [-0.15, -0.1) is 0 Å². The van der Waals surface area contributed by atoms with Crippen molar-refractivity contribution in [1.29, 1.82) is 0 Å². The monoisotopic (exact) mass is 377 g/mol. The number of amides is 2. The van der Waals surface area contributed by atoms with Crippen molar-refractivity contribution in [2.45, 2.75) is 6.92 Å². The predicted molar refractivity (Wildman–Crippen MR) is 107 cm³/mol. The van der Waals surface area contributed by atoms with Crippen LogP contribution in [-0.2, 0) is 4.79 Å². The zero-order chi connectivity index (χ0) is 19.7. The molecule has 0 bridgehead atoms. The van der Waals surface area contributed by atoms with E-state index >= 15 is 0 Å². The van der Waals surface area contributed by atoms with Crippen LogP contribution in [0.1, 0.15) is 15.9 Å². The first-order valence-corrected chi connectivity index (χ1v) is 8.93. The number of aryl methyl sites for hydroxylation is 1. The molecule has 8 heteroatoms. The number of anilines is 2. The Morgan fingerprint density at radius 2 is 2.07 bits per heavy atom. The molecule has 0 saturated carbocycles. The average Bonchev–Trinajstić information content (AvgIpc) is 2.68. The van der Waals surface area contributed by atoms with E-state index in [0.717, 1.165) is 10.9 Å². The van der Waals surface area contributed by atoms with Crippen LogP contribution in [0.25, 0.3) is 10.9 Å². The number of nitrogens with zero attached hydrogens (tertiary/aromatic N) is 2. The van der Waals surface area contributed by atoms with Crippen molar-refractivity contribution < 1.29 is 9.59 Å². The van der Waals surface area contributed by atoms with E-state index in [1.54, 1.807) is 35.4 Å². The smallest absolute Gasteiger partial charge is 0.259 e. The Morgan fingerprint density at radius 3 is 2.89 bits per heavy atom. The molecule has 0 aliphatic carbocycles. The first kappa shape index (κ1) is 17.7. The molecule has 3 aromatic rings. The van der Waals surface area contributed by atoms with E-state index in [1.165, 1.54) is 6.07 Å². The van der Waals surface area contributed by atoms with E-state index < -0.39 is 0 Å². The van der Waals surface area contributed by atoms with E-state index in [4.69, 9.17) is 0 Å². The number of piperazine rings is 1. The van der Waals surface area contributed by atoms with Crippen LogP contribution in [0, 0.1) is 6.92 Å². The van der Waals surface area contributed by atoms with Crippen LogP contribution in [-0.4, -0.2) is 41.4 Å². The van der Waals surface area contributed by atoms with Crippen LogP contribution in [0.15, 0.2) is 47.4 Å². The van der Waals surface area contributed by atoms with Crippen molar-refractivity contribution in [2.75, 3.05) is 29.9 Å². The first-order valence-electron chi connectivity index (χ1n) is 8.93. The van der Waals surface area contributed by atoms with E-state index in [-0.39, 0.29) is 23.9 Å². The van der Waals surface area contributed by atoms with E-state index in [2.05, 4.69) is 20.6 Å². The Morgan fingerprint density at radius 1 is 1.21 bits per heavy atom. The Labute approximate surface area is 160 Å². The molecule has 8 nitrogen and oxygen atoms in total. The van der Waals surface area contributed by atoms with Gasteiger partial charge in [-0.05, 0) is 42.8 Å². The standard InChI is InChI=1S/C20H19N5O3/c1-12-9-17(26)24-16-5-4-13(10-15(12)16)23-20(28)14-3-2-6-22-19(14)25-8-7-21-18(27)11-25/h2-6,9-10H,7-8,11H2,1H3,(H,21,27)(H,23,28)(H,24,26). The summed E-state index contributed by atoms with van der Waals surface area (Å²) in [5.41, 5.74) is 2.39. The lowest BCUT2D eigenvalue weighted by atomic mass is 10.1. The highest BCUT2D eigenvalue weighted by Gasteiger charge is 2.22. The molecule has 28 heavy (non-hydrogen) atoms. The highest BCUT2D eigenvalue weighted by molar-refractivity contribution is 6.08. The summed E-state index contributed by atoms with van der Waals surface area (Å²) in [5, 5.41) is 6.50. The number of hydrogen-bond donors (Lipinski definition) is 3. The first-order chi connectivity index (χ1) is 13.5. The molecule has 0 atom stereocenters. The number of H-pyrrole nitrogens is 1. The van der Waals surface area contributed by atoms with Gasteiger partial charge >= 0.3 is 0 Å². The molecule has 1 aliphatic heterocycles. The van der Waals surface area contributed by atoms with Crippen molar-refractivity contribution in [1.82, 2.24) is 15.3 Å².